The Bertz CT molecular complexity index is 1390. The molecule has 5 rings (SSSR count). The molecule has 12 heteroatoms. The van der Waals surface area contributed by atoms with E-state index in [-0.39, 0.29) is 12.5 Å². The normalized spacial score (nSPS) is 23.5. The topological polar surface area (TPSA) is 113 Å². The molecule has 3 aromatic rings. The maximum atomic E-state index is 14.2. The predicted molar refractivity (Wildman–Crippen MR) is 153 cm³/mol. The lowest BCUT2D eigenvalue weighted by Crippen LogP contribution is -2.58. The third kappa shape index (κ3) is 6.12. The lowest BCUT2D eigenvalue weighted by Gasteiger charge is -2.49. The van der Waals surface area contributed by atoms with Crippen LogP contribution in [-0.4, -0.2) is 48.7 Å². The highest BCUT2D eigenvalue weighted by atomic mass is 35.5. The molecule has 0 radical (unpaired) electrons. The smallest absolute Gasteiger partial charge is 0.255 e. The Kier molecular flexibility index (Phi) is 9.24. The van der Waals surface area contributed by atoms with Gasteiger partial charge in [-0.25, -0.2) is 14.4 Å². The molecule has 0 bridgehead atoms. The zero-order valence-electron chi connectivity index (χ0n) is 21.5. The van der Waals surface area contributed by atoms with E-state index in [1.807, 2.05) is 29.1 Å². The van der Waals surface area contributed by atoms with Crippen molar-refractivity contribution in [2.24, 2.45) is 0 Å². The molecule has 1 aromatic heterocycles. The first-order chi connectivity index (χ1) is 19.3. The van der Waals surface area contributed by atoms with Gasteiger partial charge in [0.1, 0.15) is 0 Å². The third-order valence-corrected chi connectivity index (χ3v) is 8.64. The van der Waals surface area contributed by atoms with E-state index in [1.165, 1.54) is 0 Å². The van der Waals surface area contributed by atoms with Crippen LogP contribution in [0.4, 0.5) is 0 Å². The summed E-state index contributed by atoms with van der Waals surface area (Å²) in [7, 11) is 0. The number of rotatable bonds is 9. The zero-order valence-corrected chi connectivity index (χ0v) is 23.9. The predicted octanol–water partition coefficient (Wildman–Crippen LogP) is 4.86. The maximum absolute atomic E-state index is 14.2. The van der Waals surface area contributed by atoms with Gasteiger partial charge in [-0.05, 0) is 54.3 Å². The minimum Gasteiger partial charge on any atom is -0.352 e. The van der Waals surface area contributed by atoms with E-state index in [2.05, 4.69) is 10.2 Å². The summed E-state index contributed by atoms with van der Waals surface area (Å²) in [5.74, 6) is -1.58. The first kappa shape index (κ1) is 28.8. The van der Waals surface area contributed by atoms with Crippen LogP contribution in [0.3, 0.4) is 0 Å². The first-order valence-corrected chi connectivity index (χ1v) is 15.0. The van der Waals surface area contributed by atoms with Crippen LogP contribution < -0.4 is 10.2 Å². The summed E-state index contributed by atoms with van der Waals surface area (Å²) < 4.78 is 26.1. The van der Waals surface area contributed by atoms with Gasteiger partial charge in [0, 0.05) is 46.6 Å². The van der Waals surface area contributed by atoms with E-state index in [9.17, 15) is 18.4 Å². The number of benzene rings is 2. The van der Waals surface area contributed by atoms with Crippen molar-refractivity contribution in [1.82, 2.24) is 19.7 Å². The second kappa shape index (κ2) is 12.8. The second-order valence-corrected chi connectivity index (χ2v) is 11.5. The van der Waals surface area contributed by atoms with Crippen molar-refractivity contribution >= 4 is 46.3 Å². The summed E-state index contributed by atoms with van der Waals surface area (Å²) in [6.07, 6.45) is 6.66. The number of hydrogen-bond acceptors (Lipinski definition) is 4. The van der Waals surface area contributed by atoms with Crippen molar-refractivity contribution in [1.29, 1.82) is 0 Å². The molecule has 3 N–H and O–H groups in total. The fraction of sp³-hybridized carbons (Fsp3) is 0.357. The van der Waals surface area contributed by atoms with Crippen LogP contribution in [0, 0.1) is 0 Å². The number of nitrogens with one attached hydrogen (secondary N) is 2. The summed E-state index contributed by atoms with van der Waals surface area (Å²) in [5, 5.41) is 0.733. The Morgan fingerprint density at radius 2 is 1.80 bits per heavy atom. The summed E-state index contributed by atoms with van der Waals surface area (Å²) >= 11 is 10.7. The van der Waals surface area contributed by atoms with Crippen LogP contribution in [0.15, 0.2) is 67.0 Å². The molecule has 212 valence electrons. The zero-order chi connectivity index (χ0) is 28.2. The highest BCUT2D eigenvalue weighted by molar-refractivity contribution is 7.77. The number of halogens is 2. The second-order valence-electron chi connectivity index (χ2n) is 9.95. The molecule has 9 nitrogen and oxygen atoms in total. The van der Waals surface area contributed by atoms with Crippen molar-refractivity contribution in [2.75, 3.05) is 6.61 Å². The van der Waals surface area contributed by atoms with Gasteiger partial charge < -0.3 is 9.47 Å². The van der Waals surface area contributed by atoms with E-state index in [4.69, 9.17) is 28.0 Å². The van der Waals surface area contributed by atoms with Crippen molar-refractivity contribution in [3.63, 3.8) is 0 Å². The molecule has 1 aliphatic carbocycles. The molecular weight excluding hydrogens is 575 g/mol. The Morgan fingerprint density at radius 3 is 2.55 bits per heavy atom. The maximum Gasteiger partial charge on any atom is 0.255 e. The SMILES string of the molecule is O=C(NOCCn1cccc1)[C@@H]1c2ccccc2C(=O)N([C@H]2CCCC[C@@H]2NS(=O)O)[C@H]1c1ccc(Cl)cc1Cl. The van der Waals surface area contributed by atoms with Crippen LogP contribution in [0.1, 0.15) is 59.1 Å². The van der Waals surface area contributed by atoms with Crippen LogP contribution in [-0.2, 0) is 27.4 Å². The van der Waals surface area contributed by atoms with Crippen LogP contribution >= 0.6 is 23.2 Å². The Balaban J connectivity index is 1.56. The Morgan fingerprint density at radius 1 is 1.05 bits per heavy atom. The van der Waals surface area contributed by atoms with Gasteiger partial charge in [-0.1, -0.05) is 60.3 Å². The molecule has 2 amide bonds. The number of carbonyl (C=O) groups excluding carboxylic acids is 2. The molecule has 0 spiro atoms. The summed E-state index contributed by atoms with van der Waals surface area (Å²) in [6, 6.07) is 14.1. The number of carbonyl (C=O) groups is 2. The quantitative estimate of drug-likeness (QED) is 0.183. The standard InChI is InChI=1S/C28H30Cl2N4O5S/c29-18-11-12-21(22(30)17-18)26-25(27(35)31-39-16-15-33-13-5-6-14-33)19-7-1-2-8-20(19)28(36)34(26)24-10-4-3-9-23(24)32-40(37)38/h1-2,5-8,11-14,17,23-26,32H,3-4,9-10,15-16H2,(H,31,35)(H,37,38)/t23-,24-,25+,26-/m0/s1. The van der Waals surface area contributed by atoms with Gasteiger partial charge in [0.15, 0.2) is 0 Å². The van der Waals surface area contributed by atoms with Crippen LogP contribution in [0.5, 0.6) is 0 Å². The van der Waals surface area contributed by atoms with Gasteiger partial charge in [0.25, 0.3) is 11.8 Å². The fourth-order valence-electron chi connectivity index (χ4n) is 5.84. The van der Waals surface area contributed by atoms with E-state index < -0.39 is 41.2 Å². The molecule has 2 heterocycles. The van der Waals surface area contributed by atoms with Crippen molar-refractivity contribution in [2.45, 2.75) is 56.3 Å². The summed E-state index contributed by atoms with van der Waals surface area (Å²) in [5.41, 5.74) is 4.10. The minimum absolute atomic E-state index is 0.237. The van der Waals surface area contributed by atoms with E-state index >= 15 is 0 Å². The number of amides is 2. The number of aromatic nitrogens is 1. The monoisotopic (exact) mass is 604 g/mol. The van der Waals surface area contributed by atoms with Crippen molar-refractivity contribution in [3.05, 3.63) is 93.7 Å². The molecule has 0 saturated heterocycles. The largest absolute Gasteiger partial charge is 0.352 e. The van der Waals surface area contributed by atoms with Gasteiger partial charge in [-0.3, -0.25) is 19.0 Å². The summed E-state index contributed by atoms with van der Waals surface area (Å²) in [6.45, 7) is 0.778. The van der Waals surface area contributed by atoms with E-state index in [1.54, 1.807) is 47.4 Å². The average Bonchev–Trinajstić information content (AvgIpc) is 3.45. The first-order valence-electron chi connectivity index (χ1n) is 13.1. The van der Waals surface area contributed by atoms with Gasteiger partial charge in [-0.15, -0.1) is 0 Å². The highest BCUT2D eigenvalue weighted by Gasteiger charge is 2.49. The van der Waals surface area contributed by atoms with Gasteiger partial charge in [-0.2, -0.15) is 0 Å². The minimum atomic E-state index is -2.28. The molecule has 1 saturated carbocycles. The van der Waals surface area contributed by atoms with Crippen LogP contribution in [0.25, 0.3) is 0 Å². The van der Waals surface area contributed by atoms with Gasteiger partial charge in [0.05, 0.1) is 18.6 Å². The molecule has 2 aliphatic rings. The lowest BCUT2D eigenvalue weighted by molar-refractivity contribution is -0.137. The number of fused-ring (bicyclic) bond motifs is 1. The molecule has 40 heavy (non-hydrogen) atoms. The van der Waals surface area contributed by atoms with Gasteiger partial charge in [0.2, 0.25) is 11.3 Å². The van der Waals surface area contributed by atoms with Gasteiger partial charge >= 0.3 is 0 Å². The fourth-order valence-corrected chi connectivity index (χ4v) is 6.89. The lowest BCUT2D eigenvalue weighted by atomic mass is 9.76. The Labute approximate surface area is 245 Å². The molecule has 5 atom stereocenters. The molecule has 1 fully saturated rings. The number of hydrogen-bond donors (Lipinski definition) is 3. The van der Waals surface area contributed by atoms with E-state index in [0.717, 1.165) is 12.8 Å². The van der Waals surface area contributed by atoms with Crippen molar-refractivity contribution in [3.8, 4) is 0 Å². The van der Waals surface area contributed by atoms with Crippen molar-refractivity contribution < 1.29 is 23.2 Å². The molecule has 1 unspecified atom stereocenters. The number of nitrogens with zero attached hydrogens (tertiary/aromatic N) is 2. The summed E-state index contributed by atoms with van der Waals surface area (Å²) in [4.78, 5) is 35.4. The third-order valence-electron chi connectivity index (χ3n) is 7.57. The molecule has 2 aromatic carbocycles. The van der Waals surface area contributed by atoms with Crippen LogP contribution in [0.2, 0.25) is 10.0 Å². The highest BCUT2D eigenvalue weighted by Crippen LogP contribution is 2.47. The molecular formula is C28H30Cl2N4O5S. The molecule has 1 aliphatic heterocycles. The Hall–Kier alpha value is -2.73. The van der Waals surface area contributed by atoms with E-state index in [0.29, 0.717) is 46.1 Å². The average molecular weight is 606 g/mol. The number of hydroxylamine groups is 1.